The molecule has 0 aromatic heterocycles. The molecule has 0 unspecified atom stereocenters. The van der Waals surface area contributed by atoms with Crippen LogP contribution in [0.25, 0.3) is 11.1 Å². The van der Waals surface area contributed by atoms with Gasteiger partial charge in [-0.3, -0.25) is 4.79 Å². The smallest absolute Gasteiger partial charge is 0.336 e. The molecule has 214 valence electrons. The summed E-state index contributed by atoms with van der Waals surface area (Å²) in [5, 5.41) is 16.1. The van der Waals surface area contributed by atoms with E-state index in [1.807, 2.05) is 30.3 Å². The van der Waals surface area contributed by atoms with E-state index in [4.69, 9.17) is 14.2 Å². The van der Waals surface area contributed by atoms with Gasteiger partial charge in [0.1, 0.15) is 11.5 Å². The summed E-state index contributed by atoms with van der Waals surface area (Å²) in [6.45, 7) is 3.78. The van der Waals surface area contributed by atoms with Crippen LogP contribution in [-0.4, -0.2) is 57.0 Å². The number of carboxylic acid groups (broad SMARTS) is 1. The summed E-state index contributed by atoms with van der Waals surface area (Å²) in [6.07, 6.45) is 0.668. The second-order valence-corrected chi connectivity index (χ2v) is 10.1. The maximum atomic E-state index is 13.1. The average molecular weight is 566 g/mol. The first-order chi connectivity index (χ1) is 20.5. The van der Waals surface area contributed by atoms with Gasteiger partial charge in [0, 0.05) is 25.2 Å². The number of nitrogens with one attached hydrogen (secondary N) is 2. The van der Waals surface area contributed by atoms with Gasteiger partial charge in [0.15, 0.2) is 0 Å². The Labute approximate surface area is 243 Å². The number of carboxylic acids is 1. The minimum atomic E-state index is -1.06. The second-order valence-electron chi connectivity index (χ2n) is 10.1. The van der Waals surface area contributed by atoms with Crippen molar-refractivity contribution in [1.29, 1.82) is 0 Å². The van der Waals surface area contributed by atoms with Gasteiger partial charge in [-0.2, -0.15) is 0 Å². The van der Waals surface area contributed by atoms with Crippen molar-refractivity contribution in [1.82, 2.24) is 0 Å². The Morgan fingerprint density at radius 3 is 2.38 bits per heavy atom. The molecule has 0 radical (unpaired) electrons. The number of nitrogens with zero attached hydrogens (tertiary/aromatic N) is 1. The molecular weight excluding hydrogens is 534 g/mol. The molecule has 3 N–H and O–H groups in total. The van der Waals surface area contributed by atoms with E-state index in [1.54, 1.807) is 30.3 Å². The van der Waals surface area contributed by atoms with E-state index in [9.17, 15) is 14.7 Å². The molecule has 1 saturated heterocycles. The highest BCUT2D eigenvalue weighted by Crippen LogP contribution is 2.36. The number of anilines is 4. The highest BCUT2D eigenvalue weighted by atomic mass is 16.5. The predicted molar refractivity (Wildman–Crippen MR) is 162 cm³/mol. The summed E-state index contributed by atoms with van der Waals surface area (Å²) in [5.74, 6) is -0.0349. The Morgan fingerprint density at radius 1 is 0.857 bits per heavy atom. The molecule has 2 heterocycles. The Bertz CT molecular complexity index is 1630. The number of amides is 1. The van der Waals surface area contributed by atoms with Crippen LogP contribution in [0.5, 0.6) is 11.5 Å². The van der Waals surface area contributed by atoms with Gasteiger partial charge < -0.3 is 34.9 Å². The monoisotopic (exact) mass is 565 g/mol. The fourth-order valence-electron chi connectivity index (χ4n) is 5.25. The van der Waals surface area contributed by atoms with Gasteiger partial charge in [0.2, 0.25) is 0 Å². The van der Waals surface area contributed by atoms with Crippen molar-refractivity contribution in [3.63, 3.8) is 0 Å². The average Bonchev–Trinajstić information content (AvgIpc) is 3.16. The van der Waals surface area contributed by atoms with Crippen LogP contribution >= 0.6 is 0 Å². The molecule has 0 atom stereocenters. The third kappa shape index (κ3) is 5.73. The van der Waals surface area contributed by atoms with E-state index in [0.717, 1.165) is 43.3 Å². The number of fused-ring (bicyclic) bond motifs is 2. The van der Waals surface area contributed by atoms with Crippen LogP contribution in [-0.2, 0) is 11.2 Å². The van der Waals surface area contributed by atoms with Gasteiger partial charge in [-0.1, -0.05) is 12.1 Å². The Kier molecular flexibility index (Phi) is 7.66. The first kappa shape index (κ1) is 27.2. The lowest BCUT2D eigenvalue weighted by atomic mass is 9.97. The fraction of sp³-hybridized carbons (Fsp3) is 0.212. The number of carbonyl (C=O) groups is 2. The van der Waals surface area contributed by atoms with Crippen molar-refractivity contribution in [2.45, 2.75) is 6.42 Å². The van der Waals surface area contributed by atoms with Crippen molar-refractivity contribution in [2.75, 3.05) is 55.6 Å². The Morgan fingerprint density at radius 2 is 1.62 bits per heavy atom. The molecule has 1 fully saturated rings. The third-order valence-electron chi connectivity index (χ3n) is 7.51. The van der Waals surface area contributed by atoms with Crippen LogP contribution < -0.4 is 25.0 Å². The van der Waals surface area contributed by atoms with Crippen molar-refractivity contribution >= 4 is 34.6 Å². The molecule has 0 aliphatic carbocycles. The van der Waals surface area contributed by atoms with Gasteiger partial charge >= 0.3 is 5.97 Å². The molecule has 42 heavy (non-hydrogen) atoms. The van der Waals surface area contributed by atoms with Gasteiger partial charge in [-0.25, -0.2) is 4.79 Å². The lowest BCUT2D eigenvalue weighted by molar-refractivity contribution is 0.0697. The quantitative estimate of drug-likeness (QED) is 0.245. The topological polar surface area (TPSA) is 109 Å². The summed E-state index contributed by atoms with van der Waals surface area (Å²) >= 11 is 0. The number of benzene rings is 4. The molecule has 0 saturated carbocycles. The molecule has 6 rings (SSSR count). The lowest BCUT2D eigenvalue weighted by Gasteiger charge is -2.28. The van der Waals surface area contributed by atoms with Gasteiger partial charge in [-0.15, -0.1) is 0 Å². The minimum absolute atomic E-state index is 0.118. The maximum absolute atomic E-state index is 13.1. The number of morpholine rings is 1. The first-order valence-corrected chi connectivity index (χ1v) is 13.8. The van der Waals surface area contributed by atoms with Gasteiger partial charge in [0.05, 0.1) is 55.1 Å². The largest absolute Gasteiger partial charge is 0.497 e. The molecule has 4 aromatic carbocycles. The van der Waals surface area contributed by atoms with E-state index >= 15 is 0 Å². The SMILES string of the molecule is COc1ccc(-c2ccc3c(c2)Nc2ccc(CCOc4ccc(N5CCOCC5)cc4)cc2NC3=O)c(C(=O)O)c1. The molecule has 4 aromatic rings. The molecule has 0 bridgehead atoms. The zero-order valence-electron chi connectivity index (χ0n) is 23.2. The summed E-state index contributed by atoms with van der Waals surface area (Å²) < 4.78 is 16.6. The van der Waals surface area contributed by atoms with Gasteiger partial charge in [-0.05, 0) is 83.4 Å². The van der Waals surface area contributed by atoms with Crippen molar-refractivity contribution in [2.24, 2.45) is 0 Å². The second kappa shape index (κ2) is 11.8. The Hall–Kier alpha value is -5.02. The van der Waals surface area contributed by atoms with Crippen LogP contribution in [0.4, 0.5) is 22.7 Å². The maximum Gasteiger partial charge on any atom is 0.336 e. The van der Waals surface area contributed by atoms with Crippen molar-refractivity contribution in [3.8, 4) is 22.6 Å². The predicted octanol–water partition coefficient (Wildman–Crippen LogP) is 5.83. The van der Waals surface area contributed by atoms with E-state index in [2.05, 4.69) is 27.7 Å². The first-order valence-electron chi connectivity index (χ1n) is 13.8. The number of carbonyl (C=O) groups excluding carboxylic acids is 1. The molecule has 9 heteroatoms. The Balaban J connectivity index is 1.15. The van der Waals surface area contributed by atoms with Crippen LogP contribution in [0.1, 0.15) is 26.3 Å². The zero-order chi connectivity index (χ0) is 29.1. The van der Waals surface area contributed by atoms with Crippen molar-refractivity contribution < 1.29 is 28.9 Å². The van der Waals surface area contributed by atoms with Crippen LogP contribution in [0.15, 0.2) is 78.9 Å². The van der Waals surface area contributed by atoms with E-state index < -0.39 is 5.97 Å². The number of rotatable bonds is 8. The van der Waals surface area contributed by atoms with E-state index in [0.29, 0.717) is 46.8 Å². The summed E-state index contributed by atoms with van der Waals surface area (Å²) in [6, 6.07) is 24.2. The number of ether oxygens (including phenoxy) is 3. The molecule has 2 aliphatic heterocycles. The normalized spacial score (nSPS) is 14.1. The fourth-order valence-corrected chi connectivity index (χ4v) is 5.25. The number of aromatic carboxylic acids is 1. The summed E-state index contributed by atoms with van der Waals surface area (Å²) in [7, 11) is 1.49. The number of methoxy groups -OCH3 is 1. The molecule has 1 amide bonds. The number of hydrogen-bond acceptors (Lipinski definition) is 7. The molecule has 0 spiro atoms. The highest BCUT2D eigenvalue weighted by Gasteiger charge is 2.21. The molecule has 2 aliphatic rings. The van der Waals surface area contributed by atoms with Gasteiger partial charge in [0.25, 0.3) is 5.91 Å². The highest BCUT2D eigenvalue weighted by molar-refractivity contribution is 6.12. The summed E-state index contributed by atoms with van der Waals surface area (Å²) in [4.78, 5) is 27.4. The van der Waals surface area contributed by atoms with E-state index in [1.165, 1.54) is 18.9 Å². The zero-order valence-corrected chi connectivity index (χ0v) is 23.2. The van der Waals surface area contributed by atoms with Crippen LogP contribution in [0, 0.1) is 0 Å². The third-order valence-corrected chi connectivity index (χ3v) is 7.51. The van der Waals surface area contributed by atoms with Crippen LogP contribution in [0.3, 0.4) is 0 Å². The molecule has 9 nitrogen and oxygen atoms in total. The van der Waals surface area contributed by atoms with Crippen molar-refractivity contribution in [3.05, 3.63) is 95.6 Å². The number of hydrogen-bond donors (Lipinski definition) is 3. The van der Waals surface area contributed by atoms with Crippen LogP contribution in [0.2, 0.25) is 0 Å². The van der Waals surface area contributed by atoms with E-state index in [-0.39, 0.29) is 11.5 Å². The summed E-state index contributed by atoms with van der Waals surface area (Å²) in [5.41, 5.74) is 5.98. The minimum Gasteiger partial charge on any atom is -0.497 e. The standard InChI is InChI=1S/C33H31N3O6/c1-40-25-8-10-26(28(20-25)33(38)39)22-3-9-27-30(19-22)34-29-11-2-21(18-31(29)35-32(27)37)12-15-42-24-6-4-23(5-7-24)36-13-16-41-17-14-36/h2-11,18-20,34H,12-17H2,1H3,(H,35,37)(H,38,39). The molecular formula is C33H31N3O6. The lowest BCUT2D eigenvalue weighted by Crippen LogP contribution is -2.36.